The molecule has 27 heavy (non-hydrogen) atoms. The first-order chi connectivity index (χ1) is 12.5. The number of carbonyl (C=O) groups is 1. The number of fused-ring (bicyclic) bond motifs is 1. The third kappa shape index (κ3) is 3.57. The third-order valence-electron chi connectivity index (χ3n) is 5.57. The number of methoxy groups -OCH3 is 1. The molecule has 0 spiro atoms. The standard InChI is InChI=1S/C20H25BNO4Si/c1-18(2)19(3,4)26-21(25-18)16-11-7-9-14-13(8-6-10-15(14)16)12-20(22,27)17(23)24-5/h6-11H,12,22H2,1-5H3/t20-/m0/s1. The first kappa shape index (κ1) is 20.1. The van der Waals surface area contributed by atoms with Gasteiger partial charge in [-0.3, -0.25) is 4.79 Å². The molecule has 1 atom stereocenters. The smallest absolute Gasteiger partial charge is 0.468 e. The van der Waals surface area contributed by atoms with E-state index in [4.69, 9.17) is 19.8 Å². The molecule has 7 heteroatoms. The predicted molar refractivity (Wildman–Crippen MR) is 108 cm³/mol. The van der Waals surface area contributed by atoms with E-state index in [2.05, 4.69) is 10.2 Å². The van der Waals surface area contributed by atoms with Gasteiger partial charge in [-0.15, -0.1) is 0 Å². The van der Waals surface area contributed by atoms with E-state index in [-0.39, 0.29) is 0 Å². The summed E-state index contributed by atoms with van der Waals surface area (Å²) in [7, 11) is 4.22. The van der Waals surface area contributed by atoms with Gasteiger partial charge >= 0.3 is 13.1 Å². The molecule has 141 valence electrons. The largest absolute Gasteiger partial charge is 0.495 e. The van der Waals surface area contributed by atoms with Gasteiger partial charge in [0.05, 0.1) is 28.6 Å². The van der Waals surface area contributed by atoms with Crippen LogP contribution in [0.4, 0.5) is 0 Å². The molecule has 2 N–H and O–H groups in total. The SMILES string of the molecule is COC(=O)[C@@](N)([Si])Cc1cccc2c(B3OC(C)(C)C(C)(C)O3)cccc12. The number of hydrogen-bond acceptors (Lipinski definition) is 5. The maximum atomic E-state index is 12.0. The Labute approximate surface area is 164 Å². The van der Waals surface area contributed by atoms with Crippen LogP contribution in [0, 0.1) is 0 Å². The highest BCUT2D eigenvalue weighted by Gasteiger charge is 2.52. The molecule has 3 rings (SSSR count). The number of rotatable bonds is 4. The van der Waals surface area contributed by atoms with E-state index < -0.39 is 29.5 Å². The molecule has 0 saturated carbocycles. The molecule has 0 amide bonds. The van der Waals surface area contributed by atoms with Crippen LogP contribution in [0.1, 0.15) is 33.3 Å². The molecule has 1 saturated heterocycles. The van der Waals surface area contributed by atoms with E-state index in [0.29, 0.717) is 6.42 Å². The molecule has 1 aliphatic heterocycles. The fourth-order valence-electron chi connectivity index (χ4n) is 3.28. The Morgan fingerprint density at radius 3 is 2.26 bits per heavy atom. The van der Waals surface area contributed by atoms with Crippen molar-refractivity contribution in [2.45, 2.75) is 50.5 Å². The summed E-state index contributed by atoms with van der Waals surface area (Å²) in [5, 5.41) is 0.728. The van der Waals surface area contributed by atoms with Gasteiger partial charge in [0.2, 0.25) is 0 Å². The minimum atomic E-state index is -1.29. The second-order valence-corrected chi connectivity index (χ2v) is 8.98. The number of benzene rings is 2. The van der Waals surface area contributed by atoms with Crippen LogP contribution in [0.5, 0.6) is 0 Å². The highest BCUT2D eigenvalue weighted by molar-refractivity contribution is 6.65. The molecule has 0 unspecified atom stereocenters. The Hall–Kier alpha value is -1.67. The molecule has 0 aromatic heterocycles. The zero-order chi connectivity index (χ0) is 20.0. The molecule has 1 heterocycles. The van der Waals surface area contributed by atoms with Gasteiger partial charge in [-0.25, -0.2) is 0 Å². The van der Waals surface area contributed by atoms with Crippen molar-refractivity contribution in [3.8, 4) is 0 Å². The molecule has 3 radical (unpaired) electrons. The van der Waals surface area contributed by atoms with Crippen LogP contribution in [0.2, 0.25) is 0 Å². The van der Waals surface area contributed by atoms with Gasteiger partial charge in [-0.2, -0.15) is 0 Å². The van der Waals surface area contributed by atoms with E-state index in [1.807, 2.05) is 64.1 Å². The van der Waals surface area contributed by atoms with Crippen molar-refractivity contribution in [1.29, 1.82) is 0 Å². The Morgan fingerprint density at radius 2 is 1.67 bits per heavy atom. The molecule has 5 nitrogen and oxygen atoms in total. The van der Waals surface area contributed by atoms with Crippen LogP contribution in [0.25, 0.3) is 10.8 Å². The summed E-state index contributed by atoms with van der Waals surface area (Å²) in [6.07, 6.45) is 0.292. The average molecular weight is 382 g/mol. The summed E-state index contributed by atoms with van der Waals surface area (Å²) in [4.78, 5) is 12.0. The fourth-order valence-corrected chi connectivity index (χ4v) is 3.58. The van der Waals surface area contributed by atoms with Gasteiger partial charge < -0.3 is 19.8 Å². The zero-order valence-electron chi connectivity index (χ0n) is 16.5. The molecule has 1 fully saturated rings. The van der Waals surface area contributed by atoms with Crippen LogP contribution in [-0.4, -0.2) is 46.8 Å². The van der Waals surface area contributed by atoms with Crippen molar-refractivity contribution in [2.75, 3.05) is 7.11 Å². The summed E-state index contributed by atoms with van der Waals surface area (Å²) in [6, 6.07) is 11.9. The maximum Gasteiger partial charge on any atom is 0.495 e. The molecular formula is C20H25BNO4Si. The van der Waals surface area contributed by atoms with Crippen molar-refractivity contribution >= 4 is 39.6 Å². The lowest BCUT2D eigenvalue weighted by molar-refractivity contribution is -0.143. The summed E-state index contributed by atoms with van der Waals surface area (Å²) >= 11 is 0. The van der Waals surface area contributed by atoms with Gasteiger partial charge in [-0.1, -0.05) is 36.4 Å². The van der Waals surface area contributed by atoms with Crippen molar-refractivity contribution in [1.82, 2.24) is 0 Å². The second kappa shape index (κ2) is 6.74. The van der Waals surface area contributed by atoms with Crippen LogP contribution < -0.4 is 11.2 Å². The van der Waals surface area contributed by atoms with E-state index in [1.54, 1.807) is 0 Å². The lowest BCUT2D eigenvalue weighted by Crippen LogP contribution is -2.51. The predicted octanol–water partition coefficient (Wildman–Crippen LogP) is 1.68. The van der Waals surface area contributed by atoms with Crippen LogP contribution >= 0.6 is 0 Å². The quantitative estimate of drug-likeness (QED) is 0.644. The number of ether oxygens (including phenoxy) is 1. The maximum absolute atomic E-state index is 12.0. The van der Waals surface area contributed by atoms with Gasteiger partial charge in [0.25, 0.3) is 0 Å². The highest BCUT2D eigenvalue weighted by Crippen LogP contribution is 2.37. The Morgan fingerprint density at radius 1 is 1.11 bits per heavy atom. The van der Waals surface area contributed by atoms with Crippen LogP contribution in [0.3, 0.4) is 0 Å². The monoisotopic (exact) mass is 382 g/mol. The number of nitrogens with two attached hydrogens (primary N) is 1. The topological polar surface area (TPSA) is 70.8 Å². The van der Waals surface area contributed by atoms with Crippen LogP contribution in [-0.2, 0) is 25.3 Å². The zero-order valence-corrected chi connectivity index (χ0v) is 17.5. The second-order valence-electron chi connectivity index (χ2n) is 8.09. The van der Waals surface area contributed by atoms with E-state index in [0.717, 1.165) is 21.8 Å². The van der Waals surface area contributed by atoms with Gasteiger partial charge in [-0.05, 0) is 55.9 Å². The van der Waals surface area contributed by atoms with Gasteiger partial charge in [0.15, 0.2) is 0 Å². The Bertz CT molecular complexity index is 865. The Kier molecular flexibility index (Phi) is 5.01. The first-order valence-electron chi connectivity index (χ1n) is 8.97. The normalized spacial score (nSPS) is 20.5. The van der Waals surface area contributed by atoms with E-state index >= 15 is 0 Å². The third-order valence-corrected chi connectivity index (χ3v) is 5.95. The lowest BCUT2D eigenvalue weighted by atomic mass is 9.75. The lowest BCUT2D eigenvalue weighted by Gasteiger charge is -2.32. The van der Waals surface area contributed by atoms with Crippen molar-refractivity contribution < 1.29 is 18.8 Å². The van der Waals surface area contributed by atoms with Crippen molar-refractivity contribution in [3.63, 3.8) is 0 Å². The molecule has 0 aliphatic carbocycles. The summed E-state index contributed by atoms with van der Waals surface area (Å²) in [5.74, 6) is -0.515. The number of esters is 1. The minimum Gasteiger partial charge on any atom is -0.468 e. The minimum absolute atomic E-state index is 0.292. The fraction of sp³-hybridized carbons (Fsp3) is 0.450. The van der Waals surface area contributed by atoms with Gasteiger partial charge in [0, 0.05) is 0 Å². The first-order valence-corrected chi connectivity index (χ1v) is 9.47. The molecule has 2 aromatic rings. The highest BCUT2D eigenvalue weighted by atomic mass is 28.1. The molecular weight excluding hydrogens is 357 g/mol. The van der Waals surface area contributed by atoms with Crippen molar-refractivity contribution in [3.05, 3.63) is 42.0 Å². The average Bonchev–Trinajstić information content (AvgIpc) is 2.81. The molecule has 2 aromatic carbocycles. The van der Waals surface area contributed by atoms with Crippen molar-refractivity contribution in [2.24, 2.45) is 5.73 Å². The van der Waals surface area contributed by atoms with E-state index in [9.17, 15) is 4.79 Å². The molecule has 0 bridgehead atoms. The molecule has 1 aliphatic rings. The van der Waals surface area contributed by atoms with E-state index in [1.165, 1.54) is 7.11 Å². The number of hydrogen-bond donors (Lipinski definition) is 1. The number of carbonyl (C=O) groups excluding carboxylic acids is 1. The van der Waals surface area contributed by atoms with Crippen LogP contribution in [0.15, 0.2) is 36.4 Å². The summed E-state index contributed by atoms with van der Waals surface area (Å²) in [5.41, 5.74) is 7.19. The Balaban J connectivity index is 2.03. The summed E-state index contributed by atoms with van der Waals surface area (Å²) in [6.45, 7) is 8.14. The van der Waals surface area contributed by atoms with Gasteiger partial charge in [0.1, 0.15) is 5.16 Å². The summed E-state index contributed by atoms with van der Waals surface area (Å²) < 4.78 is 17.2.